The third-order valence-corrected chi connectivity index (χ3v) is 5.85. The molecule has 2 aliphatic rings. The van der Waals surface area contributed by atoms with Gasteiger partial charge in [0.2, 0.25) is 5.95 Å². The minimum absolute atomic E-state index is 0.0864. The van der Waals surface area contributed by atoms with E-state index in [-0.39, 0.29) is 18.4 Å². The molecular weight excluding hydrogens is 430 g/mol. The first kappa shape index (κ1) is 20.3. The zero-order valence-electron chi connectivity index (χ0n) is 17.1. The van der Waals surface area contributed by atoms with Crippen LogP contribution in [0.2, 0.25) is 5.02 Å². The molecule has 0 aliphatic carbocycles. The predicted octanol–water partition coefficient (Wildman–Crippen LogP) is 2.83. The normalized spacial score (nSPS) is 17.0. The number of carbonyl (C=O) groups is 2. The summed E-state index contributed by atoms with van der Waals surface area (Å²) in [5, 5.41) is 0.566. The summed E-state index contributed by atoms with van der Waals surface area (Å²) in [5.74, 6) is 0.556. The van der Waals surface area contributed by atoms with Crippen LogP contribution in [0.3, 0.4) is 0 Å². The first-order chi connectivity index (χ1) is 15.6. The van der Waals surface area contributed by atoms with Crippen molar-refractivity contribution in [2.24, 2.45) is 0 Å². The average Bonchev–Trinajstić information content (AvgIpc) is 3.43. The lowest BCUT2D eigenvalue weighted by molar-refractivity contribution is -0.138. The fourth-order valence-electron chi connectivity index (χ4n) is 4.02. The van der Waals surface area contributed by atoms with E-state index >= 15 is 0 Å². The summed E-state index contributed by atoms with van der Waals surface area (Å²) in [6.07, 6.45) is 4.95. The molecule has 0 radical (unpaired) electrons. The number of carbonyl (C=O) groups excluding carboxylic acids is 2. The largest absolute Gasteiger partial charge is 0.467 e. The van der Waals surface area contributed by atoms with Gasteiger partial charge in [0.1, 0.15) is 11.5 Å². The highest BCUT2D eigenvalue weighted by Crippen LogP contribution is 2.34. The Labute approximate surface area is 189 Å². The van der Waals surface area contributed by atoms with Crippen LogP contribution >= 0.6 is 11.6 Å². The third kappa shape index (κ3) is 3.73. The standard InChI is InChI=1S/C23H20ClN5O3/c24-17-6-4-16(5-7-17)19-20(22(31)29(21(19)30)15-18-3-1-14-32-18)27-10-12-28(13-11-27)23-25-8-2-9-26-23/h1-9,14H,10-13,15H2. The minimum atomic E-state index is -0.336. The summed E-state index contributed by atoms with van der Waals surface area (Å²) in [5.41, 5.74) is 1.47. The summed E-state index contributed by atoms with van der Waals surface area (Å²) in [6, 6.07) is 12.2. The number of rotatable bonds is 5. The first-order valence-electron chi connectivity index (χ1n) is 10.3. The number of hydrogen-bond acceptors (Lipinski definition) is 7. The first-order valence-corrected chi connectivity index (χ1v) is 10.7. The lowest BCUT2D eigenvalue weighted by Gasteiger charge is -2.36. The molecule has 0 unspecified atom stereocenters. The number of benzene rings is 1. The van der Waals surface area contributed by atoms with Crippen LogP contribution in [0.25, 0.3) is 5.57 Å². The molecular formula is C23H20ClN5O3. The second kappa shape index (κ2) is 8.47. The molecule has 0 spiro atoms. The number of piperazine rings is 1. The molecule has 4 heterocycles. The van der Waals surface area contributed by atoms with Gasteiger partial charge in [0.15, 0.2) is 0 Å². The van der Waals surface area contributed by atoms with Crippen molar-refractivity contribution in [1.82, 2.24) is 19.8 Å². The molecule has 0 bridgehead atoms. The van der Waals surface area contributed by atoms with Crippen molar-refractivity contribution in [3.05, 3.63) is 83.2 Å². The smallest absolute Gasteiger partial charge is 0.278 e. The Morgan fingerprint density at radius 2 is 1.56 bits per heavy atom. The van der Waals surface area contributed by atoms with E-state index in [1.54, 1.807) is 54.9 Å². The van der Waals surface area contributed by atoms with Gasteiger partial charge < -0.3 is 14.2 Å². The monoisotopic (exact) mass is 449 g/mol. The zero-order valence-corrected chi connectivity index (χ0v) is 17.9. The SMILES string of the molecule is O=C1C(c2ccc(Cl)cc2)=C(N2CCN(c3ncccn3)CC2)C(=O)N1Cc1ccco1. The third-order valence-electron chi connectivity index (χ3n) is 5.60. The van der Waals surface area contributed by atoms with Crippen LogP contribution < -0.4 is 4.90 Å². The van der Waals surface area contributed by atoms with Gasteiger partial charge in [-0.15, -0.1) is 0 Å². The van der Waals surface area contributed by atoms with Crippen molar-refractivity contribution >= 4 is 34.9 Å². The molecule has 1 saturated heterocycles. The highest BCUT2D eigenvalue weighted by molar-refractivity contribution is 6.35. The summed E-state index contributed by atoms with van der Waals surface area (Å²) in [4.78, 5) is 40.7. The van der Waals surface area contributed by atoms with E-state index in [2.05, 4.69) is 14.9 Å². The topological polar surface area (TPSA) is 82.8 Å². The maximum atomic E-state index is 13.4. The van der Waals surface area contributed by atoms with Crippen LogP contribution in [-0.4, -0.2) is 57.8 Å². The number of amides is 2. The Kier molecular flexibility index (Phi) is 5.36. The van der Waals surface area contributed by atoms with Crippen LogP contribution in [0, 0.1) is 0 Å². The van der Waals surface area contributed by atoms with Gasteiger partial charge in [-0.1, -0.05) is 23.7 Å². The second-order valence-electron chi connectivity index (χ2n) is 7.53. The molecule has 0 atom stereocenters. The van der Waals surface area contributed by atoms with Gasteiger partial charge in [0, 0.05) is 43.6 Å². The molecule has 1 aromatic carbocycles. The Hall–Kier alpha value is -3.65. The van der Waals surface area contributed by atoms with Crippen LogP contribution in [0.4, 0.5) is 5.95 Å². The highest BCUT2D eigenvalue weighted by Gasteiger charge is 2.42. The van der Waals surface area contributed by atoms with E-state index in [9.17, 15) is 9.59 Å². The molecule has 162 valence electrons. The molecule has 0 saturated carbocycles. The van der Waals surface area contributed by atoms with E-state index in [0.717, 1.165) is 0 Å². The predicted molar refractivity (Wildman–Crippen MR) is 118 cm³/mol. The fourth-order valence-corrected chi connectivity index (χ4v) is 4.15. The van der Waals surface area contributed by atoms with E-state index < -0.39 is 0 Å². The quantitative estimate of drug-likeness (QED) is 0.554. The molecule has 1 fully saturated rings. The van der Waals surface area contributed by atoms with Crippen molar-refractivity contribution in [2.45, 2.75) is 6.54 Å². The average molecular weight is 450 g/mol. The van der Waals surface area contributed by atoms with Crippen LogP contribution in [-0.2, 0) is 16.1 Å². The van der Waals surface area contributed by atoms with Crippen LogP contribution in [0.5, 0.6) is 0 Å². The lowest BCUT2D eigenvalue weighted by Crippen LogP contribution is -2.48. The van der Waals surface area contributed by atoms with Crippen molar-refractivity contribution in [1.29, 1.82) is 0 Å². The van der Waals surface area contributed by atoms with Crippen molar-refractivity contribution in [3.63, 3.8) is 0 Å². The van der Waals surface area contributed by atoms with Gasteiger partial charge in [-0.2, -0.15) is 0 Å². The molecule has 2 amide bonds. The zero-order chi connectivity index (χ0) is 22.1. The fraction of sp³-hybridized carbons (Fsp3) is 0.217. The molecule has 2 aliphatic heterocycles. The summed E-state index contributed by atoms with van der Waals surface area (Å²) < 4.78 is 5.38. The summed E-state index contributed by atoms with van der Waals surface area (Å²) >= 11 is 6.05. The number of hydrogen-bond donors (Lipinski definition) is 0. The van der Waals surface area contributed by atoms with E-state index in [0.29, 0.717) is 59.7 Å². The molecule has 5 rings (SSSR count). The number of furan rings is 1. The minimum Gasteiger partial charge on any atom is -0.467 e. The Bertz CT molecular complexity index is 1150. The number of halogens is 1. The van der Waals surface area contributed by atoms with Gasteiger partial charge in [-0.3, -0.25) is 14.5 Å². The molecule has 32 heavy (non-hydrogen) atoms. The summed E-state index contributed by atoms with van der Waals surface area (Å²) in [7, 11) is 0. The highest BCUT2D eigenvalue weighted by atomic mass is 35.5. The molecule has 0 N–H and O–H groups in total. The van der Waals surface area contributed by atoms with Crippen LogP contribution in [0.1, 0.15) is 11.3 Å². The molecule has 8 nitrogen and oxygen atoms in total. The Morgan fingerprint density at radius 1 is 0.875 bits per heavy atom. The van der Waals surface area contributed by atoms with Gasteiger partial charge in [-0.25, -0.2) is 9.97 Å². The van der Waals surface area contributed by atoms with Crippen LogP contribution in [0.15, 0.2) is 71.2 Å². The Morgan fingerprint density at radius 3 is 2.22 bits per heavy atom. The van der Waals surface area contributed by atoms with E-state index in [1.165, 1.54) is 11.2 Å². The lowest BCUT2D eigenvalue weighted by atomic mass is 10.0. The van der Waals surface area contributed by atoms with Gasteiger partial charge in [0.05, 0.1) is 18.4 Å². The number of aromatic nitrogens is 2. The number of imide groups is 1. The maximum absolute atomic E-state index is 13.4. The van der Waals surface area contributed by atoms with Gasteiger partial charge in [0.25, 0.3) is 11.8 Å². The molecule has 9 heteroatoms. The van der Waals surface area contributed by atoms with E-state index in [4.69, 9.17) is 16.0 Å². The Balaban J connectivity index is 1.45. The van der Waals surface area contributed by atoms with Crippen molar-refractivity contribution < 1.29 is 14.0 Å². The van der Waals surface area contributed by atoms with Gasteiger partial charge in [-0.05, 0) is 35.9 Å². The maximum Gasteiger partial charge on any atom is 0.278 e. The number of anilines is 1. The van der Waals surface area contributed by atoms with E-state index in [1.807, 2.05) is 4.90 Å². The molecule has 2 aromatic heterocycles. The summed E-state index contributed by atoms with van der Waals surface area (Å²) in [6.45, 7) is 2.50. The second-order valence-corrected chi connectivity index (χ2v) is 7.97. The van der Waals surface area contributed by atoms with Crippen molar-refractivity contribution in [2.75, 3.05) is 31.1 Å². The number of nitrogens with zero attached hydrogens (tertiary/aromatic N) is 5. The van der Waals surface area contributed by atoms with Crippen molar-refractivity contribution in [3.8, 4) is 0 Å². The molecule has 3 aromatic rings. The van der Waals surface area contributed by atoms with Gasteiger partial charge >= 0.3 is 0 Å².